The highest BCUT2D eigenvalue weighted by Gasteiger charge is 2.22. The third-order valence-electron chi connectivity index (χ3n) is 2.92. The number of rotatable bonds is 7. The molecule has 0 saturated heterocycles. The van der Waals surface area contributed by atoms with Crippen molar-refractivity contribution in [2.75, 3.05) is 34.8 Å². The zero-order valence-electron chi connectivity index (χ0n) is 12.9. The van der Waals surface area contributed by atoms with Crippen molar-refractivity contribution in [3.63, 3.8) is 0 Å². The fourth-order valence-electron chi connectivity index (χ4n) is 1.00. The van der Waals surface area contributed by atoms with Crippen molar-refractivity contribution in [2.45, 2.75) is 32.9 Å². The molecule has 0 aromatic carbocycles. The van der Waals surface area contributed by atoms with Crippen LogP contribution in [-0.2, 0) is 19.1 Å². The fraction of sp³-hybridized carbons (Fsp3) is 0.769. The summed E-state index contributed by atoms with van der Waals surface area (Å²) in [6.45, 7) is 5.10. The van der Waals surface area contributed by atoms with E-state index in [-0.39, 0.29) is 30.6 Å². The van der Waals surface area contributed by atoms with Crippen LogP contribution in [0, 0.1) is 6.10 Å². The molecule has 0 aliphatic rings. The molecule has 0 amide bonds. The molecule has 6 heteroatoms. The van der Waals surface area contributed by atoms with Gasteiger partial charge in [0.25, 0.3) is 0 Å². The number of esters is 2. The lowest BCUT2D eigenvalue weighted by atomic mass is 10.3. The van der Waals surface area contributed by atoms with E-state index in [1.807, 2.05) is 0 Å². The van der Waals surface area contributed by atoms with Crippen molar-refractivity contribution in [1.82, 2.24) is 9.80 Å². The summed E-state index contributed by atoms with van der Waals surface area (Å²) in [6.07, 6.45) is 0.373. The Morgan fingerprint density at radius 3 is 1.79 bits per heavy atom. The molecule has 0 spiro atoms. The Morgan fingerprint density at radius 1 is 0.947 bits per heavy atom. The van der Waals surface area contributed by atoms with Crippen LogP contribution in [0.3, 0.4) is 0 Å². The minimum atomic E-state index is -0.362. The minimum absolute atomic E-state index is 0.0110. The van der Waals surface area contributed by atoms with Crippen LogP contribution in [0.4, 0.5) is 0 Å². The highest BCUT2D eigenvalue weighted by atomic mass is 16.6. The second kappa shape index (κ2) is 8.12. The monoisotopic (exact) mass is 273 g/mol. The van der Waals surface area contributed by atoms with Crippen molar-refractivity contribution in [3.8, 4) is 0 Å². The van der Waals surface area contributed by atoms with Gasteiger partial charge in [0.15, 0.2) is 6.10 Å². The van der Waals surface area contributed by atoms with Crippen LogP contribution in [0.25, 0.3) is 0 Å². The molecule has 0 fully saturated rings. The third kappa shape index (κ3) is 6.54. The maximum atomic E-state index is 11.6. The molecule has 0 saturated carbocycles. The summed E-state index contributed by atoms with van der Waals surface area (Å²) in [5, 5.41) is 0. The molecule has 0 bridgehead atoms. The van der Waals surface area contributed by atoms with Gasteiger partial charge >= 0.3 is 11.9 Å². The van der Waals surface area contributed by atoms with E-state index in [4.69, 9.17) is 9.47 Å². The van der Waals surface area contributed by atoms with Gasteiger partial charge in [-0.1, -0.05) is 0 Å². The van der Waals surface area contributed by atoms with Crippen molar-refractivity contribution in [3.05, 3.63) is 6.10 Å². The largest absolute Gasteiger partial charge is 0.460 e. The summed E-state index contributed by atoms with van der Waals surface area (Å²) in [6, 6.07) is -0.671. The maximum Gasteiger partial charge on any atom is 0.323 e. The first-order valence-corrected chi connectivity index (χ1v) is 6.20. The first kappa shape index (κ1) is 17.9. The first-order valence-electron chi connectivity index (χ1n) is 6.20. The summed E-state index contributed by atoms with van der Waals surface area (Å²) in [5.41, 5.74) is 0. The van der Waals surface area contributed by atoms with Crippen molar-refractivity contribution >= 4 is 11.9 Å². The van der Waals surface area contributed by atoms with Gasteiger partial charge in [-0.05, 0) is 49.0 Å². The van der Waals surface area contributed by atoms with Gasteiger partial charge in [0, 0.05) is 0 Å². The third-order valence-corrected chi connectivity index (χ3v) is 2.92. The molecule has 0 aromatic rings. The predicted molar refractivity (Wildman–Crippen MR) is 72.3 cm³/mol. The SMILES string of the molecule is C[C](COC(=O)[C@H](C)N(C)C)OC(=O)[C@H](C)N(C)C. The maximum absolute atomic E-state index is 11.6. The molecule has 19 heavy (non-hydrogen) atoms. The van der Waals surface area contributed by atoms with Crippen LogP contribution in [0.15, 0.2) is 0 Å². The van der Waals surface area contributed by atoms with Crippen LogP contribution in [0.1, 0.15) is 20.8 Å². The van der Waals surface area contributed by atoms with Crippen LogP contribution in [-0.4, -0.2) is 68.6 Å². The molecule has 0 aliphatic carbocycles. The Labute approximate surface area is 115 Å². The van der Waals surface area contributed by atoms with E-state index in [1.165, 1.54) is 0 Å². The van der Waals surface area contributed by atoms with E-state index in [9.17, 15) is 9.59 Å². The van der Waals surface area contributed by atoms with E-state index >= 15 is 0 Å². The number of nitrogens with zero attached hydrogens (tertiary/aromatic N) is 2. The fourth-order valence-corrected chi connectivity index (χ4v) is 1.00. The highest BCUT2D eigenvalue weighted by molar-refractivity contribution is 5.76. The van der Waals surface area contributed by atoms with Gasteiger partial charge in [-0.3, -0.25) is 19.4 Å². The molecule has 0 N–H and O–H groups in total. The lowest BCUT2D eigenvalue weighted by Gasteiger charge is -2.22. The summed E-state index contributed by atoms with van der Waals surface area (Å²) in [4.78, 5) is 26.7. The van der Waals surface area contributed by atoms with Gasteiger partial charge in [-0.2, -0.15) is 0 Å². The molecule has 0 unspecified atom stereocenters. The number of hydrogen-bond acceptors (Lipinski definition) is 6. The lowest BCUT2D eigenvalue weighted by Crippen LogP contribution is -2.37. The van der Waals surface area contributed by atoms with Gasteiger partial charge in [-0.25, -0.2) is 0 Å². The molecule has 1 radical (unpaired) electrons. The van der Waals surface area contributed by atoms with Gasteiger partial charge in [-0.15, -0.1) is 0 Å². The smallest absolute Gasteiger partial charge is 0.323 e. The number of carbonyl (C=O) groups excluding carboxylic acids is 2. The van der Waals surface area contributed by atoms with E-state index in [1.54, 1.807) is 58.8 Å². The van der Waals surface area contributed by atoms with Crippen molar-refractivity contribution in [1.29, 1.82) is 0 Å². The number of hydrogen-bond donors (Lipinski definition) is 0. The zero-order chi connectivity index (χ0) is 15.2. The van der Waals surface area contributed by atoms with Crippen molar-refractivity contribution in [2.24, 2.45) is 0 Å². The normalized spacial score (nSPS) is 14.6. The van der Waals surface area contributed by atoms with E-state index < -0.39 is 0 Å². The van der Waals surface area contributed by atoms with E-state index in [0.717, 1.165) is 0 Å². The van der Waals surface area contributed by atoms with Gasteiger partial charge in [0.05, 0.1) is 0 Å². The number of likely N-dealkylation sites (N-methyl/N-ethyl adjacent to an activating group) is 2. The Bertz CT molecular complexity index is 305. The Balaban J connectivity index is 4.09. The average Bonchev–Trinajstić information content (AvgIpc) is 2.33. The molecule has 0 heterocycles. The summed E-state index contributed by atoms with van der Waals surface area (Å²) in [7, 11) is 7.17. The molecule has 111 valence electrons. The Hall–Kier alpha value is -1.14. The molecule has 2 atom stereocenters. The highest BCUT2D eigenvalue weighted by Crippen LogP contribution is 2.07. The second-order valence-electron chi connectivity index (χ2n) is 5.01. The lowest BCUT2D eigenvalue weighted by molar-refractivity contribution is -0.156. The first-order chi connectivity index (χ1) is 8.66. The van der Waals surface area contributed by atoms with E-state index in [2.05, 4.69) is 0 Å². The molecule has 6 nitrogen and oxygen atoms in total. The quantitative estimate of drug-likeness (QED) is 0.631. The minimum Gasteiger partial charge on any atom is -0.460 e. The van der Waals surface area contributed by atoms with Crippen LogP contribution >= 0.6 is 0 Å². The average molecular weight is 273 g/mol. The molecule has 0 aliphatic heterocycles. The molecular formula is C13H25N2O4. The Morgan fingerprint density at radius 2 is 1.37 bits per heavy atom. The summed E-state index contributed by atoms with van der Waals surface area (Å²) >= 11 is 0. The van der Waals surface area contributed by atoms with Crippen LogP contribution < -0.4 is 0 Å². The molecular weight excluding hydrogens is 248 g/mol. The summed E-state index contributed by atoms with van der Waals surface area (Å²) < 4.78 is 10.2. The van der Waals surface area contributed by atoms with Crippen LogP contribution in [0.5, 0.6) is 0 Å². The molecule has 0 aromatic heterocycles. The second-order valence-corrected chi connectivity index (χ2v) is 5.01. The topological polar surface area (TPSA) is 59.1 Å². The van der Waals surface area contributed by atoms with Crippen molar-refractivity contribution < 1.29 is 19.1 Å². The number of ether oxygens (including phenoxy) is 2. The Kier molecular flexibility index (Phi) is 7.63. The van der Waals surface area contributed by atoms with Gasteiger partial charge in [0.1, 0.15) is 18.7 Å². The van der Waals surface area contributed by atoms with Gasteiger partial charge in [0.2, 0.25) is 0 Å². The molecule has 0 rings (SSSR count). The standard InChI is InChI=1S/C13H25N2O4/c1-9(19-13(17)11(3)15(6)7)8-18-12(16)10(2)14(4)5/h10-11H,8H2,1-7H3/t10-,11-/m0/s1. The summed E-state index contributed by atoms with van der Waals surface area (Å²) in [5.74, 6) is -0.708. The number of carbonyl (C=O) groups is 2. The van der Waals surface area contributed by atoms with E-state index in [0.29, 0.717) is 6.10 Å². The predicted octanol–water partition coefficient (Wildman–Crippen LogP) is 0.525. The van der Waals surface area contributed by atoms with Gasteiger partial charge < -0.3 is 9.47 Å². The zero-order valence-corrected chi connectivity index (χ0v) is 12.9. The van der Waals surface area contributed by atoms with Crippen LogP contribution in [0.2, 0.25) is 0 Å².